The lowest BCUT2D eigenvalue weighted by atomic mass is 10.3. The topological polar surface area (TPSA) is 32.3 Å². The third kappa shape index (κ3) is 0.698. The van der Waals surface area contributed by atoms with E-state index in [1.54, 1.807) is 0 Å². The molecule has 0 bridgehead atoms. The summed E-state index contributed by atoms with van der Waals surface area (Å²) >= 11 is 0. The van der Waals surface area contributed by atoms with Crippen LogP contribution in [0, 0.1) is 0 Å². The van der Waals surface area contributed by atoms with Crippen LogP contribution < -0.4 is 5.32 Å². The van der Waals surface area contributed by atoms with E-state index in [0.717, 1.165) is 0 Å². The van der Waals surface area contributed by atoms with Crippen molar-refractivity contribution < 1.29 is 9.22 Å². The van der Waals surface area contributed by atoms with Crippen LogP contribution >= 0.6 is 0 Å². The van der Waals surface area contributed by atoms with Gasteiger partial charge in [-0.15, -0.1) is 0 Å². The average Bonchev–Trinajstić information content (AvgIpc) is 1.79. The molecule has 0 saturated carbocycles. The molecule has 1 saturated heterocycles. The third-order valence-electron chi connectivity index (χ3n) is 0.679. The molecular formula is C4H9NO. The fraction of sp³-hybridized carbons (Fsp3) is 1.00. The summed E-state index contributed by atoms with van der Waals surface area (Å²) in [5.74, 6) is 0. The van der Waals surface area contributed by atoms with Gasteiger partial charge in [-0.3, -0.25) is 0 Å². The van der Waals surface area contributed by atoms with E-state index >= 15 is 0 Å². The molecule has 3 atom stereocenters. The SMILES string of the molecule is [2H]C1CC([2H])(O)C([2H])N1. The summed E-state index contributed by atoms with van der Waals surface area (Å²) in [6.07, 6.45) is -1.74. The van der Waals surface area contributed by atoms with Crippen LogP contribution in [0.2, 0.25) is 0 Å². The lowest BCUT2D eigenvalue weighted by Gasteiger charge is -1.90. The van der Waals surface area contributed by atoms with Gasteiger partial charge in [0.25, 0.3) is 0 Å². The van der Waals surface area contributed by atoms with Crippen LogP contribution in [-0.4, -0.2) is 24.2 Å². The first kappa shape index (κ1) is 1.80. The van der Waals surface area contributed by atoms with Crippen molar-refractivity contribution in [3.63, 3.8) is 0 Å². The summed E-state index contributed by atoms with van der Waals surface area (Å²) in [5.41, 5.74) is 0. The van der Waals surface area contributed by atoms with Gasteiger partial charge in [-0.1, -0.05) is 0 Å². The monoisotopic (exact) mass is 90.1 g/mol. The van der Waals surface area contributed by atoms with Gasteiger partial charge in [0, 0.05) is 9.26 Å². The van der Waals surface area contributed by atoms with Gasteiger partial charge in [-0.05, 0) is 12.9 Å². The maximum absolute atomic E-state index is 8.93. The normalized spacial score (nSPS) is 78.5. The highest BCUT2D eigenvalue weighted by molar-refractivity contribution is 4.67. The molecule has 1 aliphatic heterocycles. The van der Waals surface area contributed by atoms with Gasteiger partial charge in [0.2, 0.25) is 0 Å². The summed E-state index contributed by atoms with van der Waals surface area (Å²) < 4.78 is 21.0. The minimum atomic E-state index is -1.76. The summed E-state index contributed by atoms with van der Waals surface area (Å²) in [7, 11) is 0. The Hall–Kier alpha value is -0.0800. The number of β-amino-alcohol motifs (C(OH)–C–C–N with tert-alkyl or cyclic N) is 1. The van der Waals surface area contributed by atoms with Crippen LogP contribution in [0.3, 0.4) is 0 Å². The summed E-state index contributed by atoms with van der Waals surface area (Å²) in [5, 5.41) is 11.3. The summed E-state index contributed by atoms with van der Waals surface area (Å²) in [6, 6.07) is 0. The molecule has 0 aromatic carbocycles. The van der Waals surface area contributed by atoms with Gasteiger partial charge in [0.05, 0.1) is 7.45 Å². The zero-order chi connectivity index (χ0) is 7.07. The van der Waals surface area contributed by atoms with Crippen molar-refractivity contribution in [2.45, 2.75) is 12.5 Å². The Kier molecular flexibility index (Phi) is 0.474. The van der Waals surface area contributed by atoms with Crippen LogP contribution in [0.5, 0.6) is 0 Å². The van der Waals surface area contributed by atoms with E-state index in [4.69, 9.17) is 9.22 Å². The molecule has 1 fully saturated rings. The van der Waals surface area contributed by atoms with Crippen LogP contribution in [-0.2, 0) is 0 Å². The zero-order valence-corrected chi connectivity index (χ0v) is 3.31. The van der Waals surface area contributed by atoms with Crippen molar-refractivity contribution in [1.29, 1.82) is 0 Å². The standard InChI is InChI=1S/C4H9NO/c6-4-1-2-5-3-4/h4-6H,1-3H2/i2D,3D,4D. The van der Waals surface area contributed by atoms with Gasteiger partial charge in [0.15, 0.2) is 0 Å². The van der Waals surface area contributed by atoms with Gasteiger partial charge in [-0.25, -0.2) is 0 Å². The first-order chi connectivity index (χ1) is 4.02. The predicted molar refractivity (Wildman–Crippen MR) is 23.5 cm³/mol. The van der Waals surface area contributed by atoms with E-state index in [-0.39, 0.29) is 6.42 Å². The Balaban J connectivity index is 2.58. The number of nitrogens with one attached hydrogen (secondary N) is 1. The third-order valence-corrected chi connectivity index (χ3v) is 0.679. The molecule has 0 aromatic heterocycles. The molecular weight excluding hydrogens is 78.1 g/mol. The van der Waals surface area contributed by atoms with E-state index in [2.05, 4.69) is 5.32 Å². The molecule has 36 valence electrons. The largest absolute Gasteiger partial charge is 0.392 e. The second kappa shape index (κ2) is 1.58. The maximum Gasteiger partial charge on any atom is 0.0676 e. The molecule has 0 aromatic rings. The number of hydrogen-bond donors (Lipinski definition) is 2. The summed E-state index contributed by atoms with van der Waals surface area (Å²) in [4.78, 5) is 0. The molecule has 1 heterocycles. The minimum Gasteiger partial charge on any atom is -0.392 e. The molecule has 0 aliphatic carbocycles. The Morgan fingerprint density at radius 3 is 3.17 bits per heavy atom. The molecule has 3 unspecified atom stereocenters. The molecule has 2 N–H and O–H groups in total. The van der Waals surface area contributed by atoms with Crippen molar-refractivity contribution in [3.8, 4) is 0 Å². The van der Waals surface area contributed by atoms with Crippen molar-refractivity contribution in [2.24, 2.45) is 0 Å². The fourth-order valence-electron chi connectivity index (χ4n) is 0.378. The number of rotatable bonds is 0. The van der Waals surface area contributed by atoms with Crippen LogP contribution in [0.1, 0.15) is 10.5 Å². The molecule has 2 nitrogen and oxygen atoms in total. The zero-order valence-electron chi connectivity index (χ0n) is 6.31. The Labute approximate surface area is 41.4 Å². The Morgan fingerprint density at radius 2 is 3.00 bits per heavy atom. The molecule has 0 spiro atoms. The highest BCUT2D eigenvalue weighted by Gasteiger charge is 2.08. The van der Waals surface area contributed by atoms with Crippen LogP contribution in [0.25, 0.3) is 0 Å². The fourth-order valence-corrected chi connectivity index (χ4v) is 0.378. The van der Waals surface area contributed by atoms with Crippen molar-refractivity contribution in [1.82, 2.24) is 5.32 Å². The second-order valence-electron chi connectivity index (χ2n) is 1.21. The summed E-state index contributed by atoms with van der Waals surface area (Å²) in [6.45, 7) is -1.69. The van der Waals surface area contributed by atoms with Crippen LogP contribution in [0.15, 0.2) is 0 Å². The van der Waals surface area contributed by atoms with E-state index in [0.29, 0.717) is 0 Å². The van der Waals surface area contributed by atoms with Crippen molar-refractivity contribution >= 4 is 0 Å². The molecule has 1 rings (SSSR count). The average molecular weight is 90.1 g/mol. The number of hydrogen-bond acceptors (Lipinski definition) is 2. The van der Waals surface area contributed by atoms with Crippen molar-refractivity contribution in [3.05, 3.63) is 0 Å². The maximum atomic E-state index is 8.93. The highest BCUT2D eigenvalue weighted by atomic mass is 16.3. The van der Waals surface area contributed by atoms with Gasteiger partial charge in [0.1, 0.15) is 0 Å². The molecule has 0 amide bonds. The van der Waals surface area contributed by atoms with E-state index in [9.17, 15) is 0 Å². The molecule has 6 heavy (non-hydrogen) atoms. The first-order valence-electron chi connectivity index (χ1n) is 3.51. The molecule has 2 heteroatoms. The molecule has 1 aliphatic rings. The van der Waals surface area contributed by atoms with Crippen LogP contribution in [0.4, 0.5) is 0 Å². The minimum absolute atomic E-state index is 0.0150. The van der Waals surface area contributed by atoms with Crippen molar-refractivity contribution in [2.75, 3.05) is 13.0 Å². The van der Waals surface area contributed by atoms with E-state index < -0.39 is 19.1 Å². The lowest BCUT2D eigenvalue weighted by molar-refractivity contribution is 0.196. The van der Waals surface area contributed by atoms with E-state index in [1.165, 1.54) is 0 Å². The van der Waals surface area contributed by atoms with Gasteiger partial charge < -0.3 is 10.4 Å². The van der Waals surface area contributed by atoms with Gasteiger partial charge in [-0.2, -0.15) is 0 Å². The van der Waals surface area contributed by atoms with E-state index in [1.807, 2.05) is 0 Å². The lowest BCUT2D eigenvalue weighted by Crippen LogP contribution is -2.11. The highest BCUT2D eigenvalue weighted by Crippen LogP contribution is 1.93. The second-order valence-corrected chi connectivity index (χ2v) is 1.21. The van der Waals surface area contributed by atoms with Gasteiger partial charge >= 0.3 is 0 Å². The predicted octanol–water partition coefficient (Wildman–Crippen LogP) is -0.659. The Morgan fingerprint density at radius 1 is 2.17 bits per heavy atom. The smallest absolute Gasteiger partial charge is 0.0676 e. The quantitative estimate of drug-likeness (QED) is 0.414. The number of aliphatic hydroxyl groups is 1. The Bertz CT molecular complexity index is 118. The first-order valence-corrected chi connectivity index (χ1v) is 1.85. The molecule has 0 radical (unpaired) electrons.